The Kier molecular flexibility index (Phi) is 3.77. The van der Waals surface area contributed by atoms with Crippen molar-refractivity contribution < 1.29 is 8.42 Å². The highest BCUT2D eigenvalue weighted by Crippen LogP contribution is 2.32. The molecular formula is C13H18BrN3O2S. The van der Waals surface area contributed by atoms with Crippen molar-refractivity contribution in [1.82, 2.24) is 9.29 Å². The summed E-state index contributed by atoms with van der Waals surface area (Å²) in [6.07, 6.45) is 3.45. The highest BCUT2D eigenvalue weighted by molar-refractivity contribution is 9.10. The Bertz CT molecular complexity index is 608. The van der Waals surface area contributed by atoms with Crippen LogP contribution in [0.3, 0.4) is 0 Å². The normalized spacial score (nSPS) is 21.2. The fourth-order valence-corrected chi connectivity index (χ4v) is 4.87. The lowest BCUT2D eigenvalue weighted by atomic mass is 10.2. The Morgan fingerprint density at radius 1 is 1.25 bits per heavy atom. The number of sulfonamides is 1. The van der Waals surface area contributed by atoms with E-state index in [-0.39, 0.29) is 5.25 Å². The number of aromatic nitrogens is 1. The summed E-state index contributed by atoms with van der Waals surface area (Å²) in [6.45, 7) is 4.58. The number of halogens is 1. The molecule has 5 nitrogen and oxygen atoms in total. The van der Waals surface area contributed by atoms with Gasteiger partial charge in [0.2, 0.25) is 10.0 Å². The van der Waals surface area contributed by atoms with Crippen molar-refractivity contribution in [1.29, 1.82) is 0 Å². The molecule has 3 rings (SSSR count). The zero-order valence-electron chi connectivity index (χ0n) is 11.4. The van der Waals surface area contributed by atoms with E-state index in [9.17, 15) is 8.42 Å². The van der Waals surface area contributed by atoms with Gasteiger partial charge in [-0.05, 0) is 47.3 Å². The van der Waals surface area contributed by atoms with Crippen LogP contribution in [0.2, 0.25) is 0 Å². The van der Waals surface area contributed by atoms with Gasteiger partial charge < -0.3 is 4.90 Å². The Hall–Kier alpha value is -0.660. The minimum absolute atomic E-state index is 0.110. The van der Waals surface area contributed by atoms with Crippen LogP contribution in [0, 0.1) is 6.92 Å². The molecule has 1 aromatic rings. The van der Waals surface area contributed by atoms with Crippen molar-refractivity contribution in [2.75, 3.05) is 31.1 Å². The van der Waals surface area contributed by atoms with E-state index >= 15 is 0 Å². The summed E-state index contributed by atoms with van der Waals surface area (Å²) in [5.74, 6) is 0.955. The third kappa shape index (κ3) is 2.71. The quantitative estimate of drug-likeness (QED) is 0.825. The Morgan fingerprint density at radius 3 is 2.45 bits per heavy atom. The molecule has 0 spiro atoms. The van der Waals surface area contributed by atoms with E-state index in [0.29, 0.717) is 26.2 Å². The SMILES string of the molecule is Cc1cc(Br)cnc1N1CCN(S(=O)(=O)C2CC2)CC1. The topological polar surface area (TPSA) is 53.5 Å². The van der Waals surface area contributed by atoms with Gasteiger partial charge in [0, 0.05) is 36.8 Å². The van der Waals surface area contributed by atoms with Crippen LogP contribution in [0.5, 0.6) is 0 Å². The van der Waals surface area contributed by atoms with Crippen LogP contribution in [0.1, 0.15) is 18.4 Å². The van der Waals surface area contributed by atoms with Crippen molar-refractivity contribution in [2.45, 2.75) is 25.0 Å². The first-order valence-corrected chi connectivity index (χ1v) is 9.14. The minimum atomic E-state index is -3.03. The number of rotatable bonds is 3. The summed E-state index contributed by atoms with van der Waals surface area (Å²) in [5.41, 5.74) is 1.11. The van der Waals surface area contributed by atoms with Gasteiger partial charge in [0.25, 0.3) is 0 Å². The second-order valence-electron chi connectivity index (χ2n) is 5.42. The van der Waals surface area contributed by atoms with Crippen molar-refractivity contribution in [3.8, 4) is 0 Å². The second-order valence-corrected chi connectivity index (χ2v) is 8.55. The molecule has 1 saturated carbocycles. The number of anilines is 1. The molecular weight excluding hydrogens is 342 g/mol. The van der Waals surface area contributed by atoms with Gasteiger partial charge in [-0.25, -0.2) is 13.4 Å². The molecule has 0 unspecified atom stereocenters. The monoisotopic (exact) mass is 359 g/mol. The lowest BCUT2D eigenvalue weighted by molar-refractivity contribution is 0.383. The maximum Gasteiger partial charge on any atom is 0.217 e. The number of hydrogen-bond acceptors (Lipinski definition) is 4. The average Bonchev–Trinajstić information content (AvgIpc) is 3.23. The van der Waals surface area contributed by atoms with Gasteiger partial charge in [-0.2, -0.15) is 4.31 Å². The van der Waals surface area contributed by atoms with Gasteiger partial charge in [-0.1, -0.05) is 0 Å². The molecule has 0 amide bonds. The van der Waals surface area contributed by atoms with Gasteiger partial charge in [-0.15, -0.1) is 0 Å². The number of pyridine rings is 1. The van der Waals surface area contributed by atoms with Gasteiger partial charge in [0.05, 0.1) is 5.25 Å². The van der Waals surface area contributed by atoms with Crippen LogP contribution in [0.25, 0.3) is 0 Å². The first kappa shape index (κ1) is 14.3. The van der Waals surface area contributed by atoms with Crippen molar-refractivity contribution in [3.63, 3.8) is 0 Å². The van der Waals surface area contributed by atoms with E-state index in [1.165, 1.54) is 0 Å². The summed E-state index contributed by atoms with van der Waals surface area (Å²) in [4.78, 5) is 6.61. The van der Waals surface area contributed by atoms with Gasteiger partial charge >= 0.3 is 0 Å². The number of aryl methyl sites for hydroxylation is 1. The summed E-state index contributed by atoms with van der Waals surface area (Å²) in [6, 6.07) is 2.04. The largest absolute Gasteiger partial charge is 0.354 e. The predicted molar refractivity (Wildman–Crippen MR) is 82.4 cm³/mol. The molecule has 2 fully saturated rings. The van der Waals surface area contributed by atoms with Crippen molar-refractivity contribution >= 4 is 31.8 Å². The highest BCUT2D eigenvalue weighted by Gasteiger charge is 2.41. The van der Waals surface area contributed by atoms with E-state index < -0.39 is 10.0 Å². The summed E-state index contributed by atoms with van der Waals surface area (Å²) in [5, 5.41) is -0.110. The Morgan fingerprint density at radius 2 is 1.90 bits per heavy atom. The van der Waals surface area contributed by atoms with E-state index in [2.05, 4.69) is 25.8 Å². The molecule has 1 aliphatic heterocycles. The first-order valence-electron chi connectivity index (χ1n) is 6.84. The van der Waals surface area contributed by atoms with Crippen LogP contribution in [-0.4, -0.2) is 49.1 Å². The molecule has 2 aliphatic rings. The molecule has 1 aliphatic carbocycles. The standard InChI is InChI=1S/C13H18BrN3O2S/c1-10-8-11(14)9-15-13(10)16-4-6-17(7-5-16)20(18,19)12-2-3-12/h8-9,12H,2-7H2,1H3. The smallest absolute Gasteiger partial charge is 0.217 e. The molecule has 110 valence electrons. The molecule has 0 bridgehead atoms. The fourth-order valence-electron chi connectivity index (χ4n) is 2.60. The third-order valence-corrected chi connectivity index (χ3v) is 6.69. The fraction of sp³-hybridized carbons (Fsp3) is 0.615. The van der Waals surface area contributed by atoms with Crippen LogP contribution in [-0.2, 0) is 10.0 Å². The zero-order valence-corrected chi connectivity index (χ0v) is 13.8. The molecule has 2 heterocycles. The number of nitrogens with zero attached hydrogens (tertiary/aromatic N) is 3. The zero-order chi connectivity index (χ0) is 14.3. The van der Waals surface area contributed by atoms with Crippen LogP contribution >= 0.6 is 15.9 Å². The van der Waals surface area contributed by atoms with Crippen LogP contribution in [0.15, 0.2) is 16.7 Å². The number of hydrogen-bond donors (Lipinski definition) is 0. The van der Waals surface area contributed by atoms with E-state index in [4.69, 9.17) is 0 Å². The van der Waals surface area contributed by atoms with E-state index in [0.717, 1.165) is 28.7 Å². The molecule has 20 heavy (non-hydrogen) atoms. The molecule has 1 saturated heterocycles. The maximum atomic E-state index is 12.2. The molecule has 7 heteroatoms. The van der Waals surface area contributed by atoms with Crippen molar-refractivity contribution in [3.05, 3.63) is 22.3 Å². The highest BCUT2D eigenvalue weighted by atomic mass is 79.9. The molecule has 0 aromatic carbocycles. The second kappa shape index (κ2) is 5.27. The molecule has 0 atom stereocenters. The number of piperazine rings is 1. The molecule has 1 aromatic heterocycles. The summed E-state index contributed by atoms with van der Waals surface area (Å²) < 4.78 is 27.0. The van der Waals surface area contributed by atoms with Gasteiger partial charge in [0.1, 0.15) is 5.82 Å². The van der Waals surface area contributed by atoms with Crippen LogP contribution in [0.4, 0.5) is 5.82 Å². The minimum Gasteiger partial charge on any atom is -0.354 e. The van der Waals surface area contributed by atoms with E-state index in [1.807, 2.05) is 13.0 Å². The summed E-state index contributed by atoms with van der Waals surface area (Å²) >= 11 is 3.41. The lowest BCUT2D eigenvalue weighted by Gasteiger charge is -2.35. The Labute approximate surface area is 128 Å². The Balaban J connectivity index is 1.69. The third-order valence-electron chi connectivity index (χ3n) is 3.86. The lowest BCUT2D eigenvalue weighted by Crippen LogP contribution is -2.50. The summed E-state index contributed by atoms with van der Waals surface area (Å²) in [7, 11) is -3.03. The van der Waals surface area contributed by atoms with Crippen molar-refractivity contribution in [2.24, 2.45) is 0 Å². The molecule has 0 radical (unpaired) electrons. The van der Waals surface area contributed by atoms with Crippen LogP contribution < -0.4 is 4.90 Å². The molecule has 0 N–H and O–H groups in total. The van der Waals surface area contributed by atoms with Gasteiger partial charge in [-0.3, -0.25) is 0 Å². The average molecular weight is 360 g/mol. The van der Waals surface area contributed by atoms with E-state index in [1.54, 1.807) is 10.5 Å². The first-order chi connectivity index (χ1) is 9.48. The predicted octanol–water partition coefficient (Wildman–Crippen LogP) is 1.77. The maximum absolute atomic E-state index is 12.2. The van der Waals surface area contributed by atoms with Gasteiger partial charge in [0.15, 0.2) is 0 Å².